The van der Waals surface area contributed by atoms with Gasteiger partial charge in [0.05, 0.1) is 50.6 Å². The molecule has 27 aromatic rings. The number of nitrogens with zero attached hydrogens (tertiary/aromatic N) is 12. The molecule has 0 N–H and O–H groups in total. The third-order valence-electron chi connectivity index (χ3n) is 26.9. The first-order chi connectivity index (χ1) is 69.7. The molecule has 0 unspecified atom stereocenters. The molecular formula is C129H84N12Pt3. The van der Waals surface area contributed by atoms with Gasteiger partial charge in [-0.15, -0.1) is 137 Å². The van der Waals surface area contributed by atoms with Crippen LogP contribution in [0.3, 0.4) is 0 Å². The molecule has 0 aliphatic rings. The summed E-state index contributed by atoms with van der Waals surface area (Å²) in [6, 6.07) is 175. The maximum absolute atomic E-state index is 5.15. The second-order valence-corrected chi connectivity index (χ2v) is 35.3. The summed E-state index contributed by atoms with van der Waals surface area (Å²) in [4.78, 5) is 29.2. The molecule has 0 saturated heterocycles. The molecule has 0 spiro atoms. The summed E-state index contributed by atoms with van der Waals surface area (Å²) in [6.07, 6.45) is 5.48. The maximum Gasteiger partial charge on any atom is 2.00 e. The van der Waals surface area contributed by atoms with Gasteiger partial charge in [0.2, 0.25) is 0 Å². The number of para-hydroxylation sites is 6. The van der Waals surface area contributed by atoms with E-state index in [1.54, 1.807) is 0 Å². The zero-order valence-electron chi connectivity index (χ0n) is 78.1. The number of imidazole rings is 3. The van der Waals surface area contributed by atoms with Crippen molar-refractivity contribution in [3.8, 4) is 152 Å². The van der Waals surface area contributed by atoms with Crippen molar-refractivity contribution < 1.29 is 63.2 Å². The van der Waals surface area contributed by atoms with Crippen molar-refractivity contribution in [3.63, 3.8) is 0 Å². The molecule has 0 aliphatic carbocycles. The van der Waals surface area contributed by atoms with Crippen molar-refractivity contribution in [2.45, 2.75) is 0 Å². The molecule has 27 rings (SSSR count). The Morgan fingerprint density at radius 1 is 0.208 bits per heavy atom. The summed E-state index contributed by atoms with van der Waals surface area (Å²) >= 11 is 0. The van der Waals surface area contributed by atoms with Gasteiger partial charge in [-0.2, -0.15) is 0 Å². The number of pyridine rings is 3. The average Bonchev–Trinajstić information content (AvgIpc) is 1.58. The fourth-order valence-corrected chi connectivity index (χ4v) is 20.1. The number of hydrogen-bond donors (Lipinski definition) is 0. The van der Waals surface area contributed by atoms with Crippen LogP contribution in [-0.2, 0) is 84.3 Å². The van der Waals surface area contributed by atoms with Crippen LogP contribution in [0.1, 0.15) is 0 Å². The van der Waals surface area contributed by atoms with Crippen LogP contribution in [0.2, 0.25) is 0 Å². The van der Waals surface area contributed by atoms with Gasteiger partial charge in [-0.1, -0.05) is 341 Å². The van der Waals surface area contributed by atoms with Gasteiger partial charge in [-0.25, -0.2) is 0 Å². The van der Waals surface area contributed by atoms with Crippen molar-refractivity contribution in [2.24, 2.45) is 21.1 Å². The Bertz CT molecular complexity index is 9440. The maximum atomic E-state index is 5.15. The summed E-state index contributed by atoms with van der Waals surface area (Å²) in [6.45, 7) is 0. The first kappa shape index (κ1) is 92.3. The van der Waals surface area contributed by atoms with Crippen molar-refractivity contribution >= 4 is 98.5 Å². The van der Waals surface area contributed by atoms with E-state index < -0.39 is 0 Å². The Kier molecular flexibility index (Phi) is 25.5. The van der Waals surface area contributed by atoms with E-state index in [4.69, 9.17) is 15.0 Å². The van der Waals surface area contributed by atoms with Crippen molar-refractivity contribution in [1.82, 2.24) is 57.3 Å². The normalized spacial score (nSPS) is 11.3. The van der Waals surface area contributed by atoms with Crippen LogP contribution in [-0.4, -0.2) is 57.3 Å². The summed E-state index contributed by atoms with van der Waals surface area (Å²) in [5, 5.41) is 6.85. The molecular weight excluding hydrogens is 2300 g/mol. The minimum Gasteiger partial charge on any atom is -0.367 e. The fourth-order valence-electron chi connectivity index (χ4n) is 20.1. The molecule has 12 nitrogen and oxygen atoms in total. The minimum absolute atomic E-state index is 0. The van der Waals surface area contributed by atoms with E-state index in [1.165, 1.54) is 33.4 Å². The van der Waals surface area contributed by atoms with Crippen LogP contribution in [0.15, 0.2) is 455 Å². The fraction of sp³-hybridized carbons (Fsp3) is 0.0233. The van der Waals surface area contributed by atoms with E-state index in [0.29, 0.717) is 0 Å². The molecule has 0 atom stereocenters. The van der Waals surface area contributed by atoms with Crippen LogP contribution >= 0.6 is 0 Å². The number of benzene rings is 18. The average molecular weight is 2390 g/mol. The molecule has 15 heteroatoms. The molecule has 0 aliphatic heterocycles. The van der Waals surface area contributed by atoms with Gasteiger partial charge in [0, 0.05) is 56.3 Å². The molecule has 144 heavy (non-hydrogen) atoms. The van der Waals surface area contributed by atoms with Gasteiger partial charge < -0.3 is 42.4 Å². The molecule has 18 aromatic carbocycles. The van der Waals surface area contributed by atoms with Gasteiger partial charge in [0.15, 0.2) is 0 Å². The van der Waals surface area contributed by atoms with Gasteiger partial charge >= 0.3 is 63.2 Å². The summed E-state index contributed by atoms with van der Waals surface area (Å²) in [5.74, 6) is 2.63. The topological polar surface area (TPSA) is 107 Å². The summed E-state index contributed by atoms with van der Waals surface area (Å²) in [7, 11) is 6.24. The predicted molar refractivity (Wildman–Crippen MR) is 577 cm³/mol. The molecule has 9 aromatic heterocycles. The monoisotopic (exact) mass is 2390 g/mol. The van der Waals surface area contributed by atoms with Crippen molar-refractivity contribution in [2.75, 3.05) is 0 Å². The zero-order chi connectivity index (χ0) is 94.0. The second-order valence-electron chi connectivity index (χ2n) is 35.3. The standard InChI is InChI=1S/3C43H28N4.3Pt/c1-46-40-21-9-8-20-38(40)45-43(46)33-27-35(30-15-6-3-7-16-30)42-36-26-31(29-13-4-2-5-14-29)22-23-39(36)47(41(42)28-33)34-18-12-17-32(25-34)37-19-10-11-24-44-37;1-46-41-21-9-8-20-39(41)45-43(46)37-28-42-36(27-34(37)30-15-6-3-7-16-30)35-26-31(29-13-4-2-5-14-29)22-23-40(35)47(42)33-18-12-17-32(25-33)38-19-10-11-24-44-38;1-46-40-18-9-8-17-38(40)45-43(46)33-20-23-35-36-26-31(29-12-4-2-5-13-29)21-24-39(36)47(42(35)28-33)41-27-32(37-16-10-11-25-44-37)19-22-34(41)30-14-6-3-7-15-30;;;/h2*2-24,26-27H,1H3;2-26H,1H3;;;/q3*-2;3*+2. The van der Waals surface area contributed by atoms with Crippen LogP contribution in [0.4, 0.5) is 0 Å². The predicted octanol–water partition coefficient (Wildman–Crippen LogP) is 31.0. The first-order valence-corrected chi connectivity index (χ1v) is 47.2. The quantitative estimate of drug-likeness (QED) is 0.0947. The van der Waals surface area contributed by atoms with E-state index in [1.807, 2.05) is 91.4 Å². The third kappa shape index (κ3) is 17.0. The van der Waals surface area contributed by atoms with E-state index in [2.05, 4.69) is 464 Å². The van der Waals surface area contributed by atoms with Crippen LogP contribution < -0.4 is 0 Å². The molecule has 0 bridgehead atoms. The number of fused-ring (bicyclic) bond motifs is 12. The SMILES string of the molecule is Cn1c(-c2[c-]c3c(c(-c4ccccc4)c2)c2cc(-c4ccccc4)ccc2n3-c2[c-]c(-c3ccccn3)ccc2)nc2ccccc21.Cn1c(-c2[c-]c3c(cc2)c2cc(-c4ccccc4)ccc2n3-c2[c-]c(-c3ccccn3)ccc2-c2ccccc2)nc2ccccc21.Cn1c(-c2[c-]c3c(cc2-c2ccccc2)c2cc(-c4ccccc4)ccc2n3-c2[c-]c(-c3ccccn3)ccc2)nc2ccccc21.[Pt+2].[Pt+2].[Pt+2]. The van der Waals surface area contributed by atoms with Gasteiger partial charge in [-0.3, -0.25) is 15.0 Å². The molecule has 0 amide bonds. The van der Waals surface area contributed by atoms with E-state index in [0.717, 1.165) is 217 Å². The van der Waals surface area contributed by atoms with Crippen LogP contribution in [0.5, 0.6) is 0 Å². The van der Waals surface area contributed by atoms with Crippen molar-refractivity contribution in [1.29, 1.82) is 0 Å². The molecule has 0 saturated carbocycles. The van der Waals surface area contributed by atoms with Gasteiger partial charge in [0.1, 0.15) is 0 Å². The summed E-state index contributed by atoms with van der Waals surface area (Å²) < 4.78 is 13.4. The Morgan fingerprint density at radius 3 is 1.05 bits per heavy atom. The Morgan fingerprint density at radius 2 is 0.576 bits per heavy atom. The Balaban J connectivity index is 0.000000122. The Labute approximate surface area is 876 Å². The largest absolute Gasteiger partial charge is 2.00 e. The Hall–Kier alpha value is -16.7. The molecule has 690 valence electrons. The number of aromatic nitrogens is 12. The number of rotatable bonds is 15. The first-order valence-electron chi connectivity index (χ1n) is 47.2. The zero-order valence-corrected chi connectivity index (χ0v) is 84.9. The van der Waals surface area contributed by atoms with Gasteiger partial charge in [0.25, 0.3) is 0 Å². The second kappa shape index (κ2) is 39.8. The van der Waals surface area contributed by atoms with E-state index in [-0.39, 0.29) is 63.2 Å². The van der Waals surface area contributed by atoms with Crippen LogP contribution in [0, 0.1) is 36.4 Å². The third-order valence-corrected chi connectivity index (χ3v) is 26.9. The molecule has 9 heterocycles. The van der Waals surface area contributed by atoms with Crippen molar-refractivity contribution in [3.05, 3.63) is 492 Å². The van der Waals surface area contributed by atoms with Crippen LogP contribution in [0.25, 0.3) is 250 Å². The van der Waals surface area contributed by atoms with E-state index in [9.17, 15) is 0 Å². The molecule has 0 radical (unpaired) electrons. The number of aryl methyl sites for hydroxylation is 3. The minimum atomic E-state index is 0. The number of hydrogen-bond acceptors (Lipinski definition) is 6. The summed E-state index contributed by atoms with van der Waals surface area (Å²) in [5.41, 5.74) is 37.2. The smallest absolute Gasteiger partial charge is 0.367 e. The molecule has 0 fully saturated rings. The van der Waals surface area contributed by atoms with E-state index >= 15 is 0 Å². The van der Waals surface area contributed by atoms with Gasteiger partial charge in [-0.05, 0) is 179 Å².